The Morgan fingerprint density at radius 1 is 1.29 bits per heavy atom. The van der Waals surface area contributed by atoms with Gasteiger partial charge in [0.1, 0.15) is 5.60 Å². The number of ether oxygens (including phenoxy) is 1. The zero-order chi connectivity index (χ0) is 13.3. The Morgan fingerprint density at radius 3 is 2.47 bits per heavy atom. The van der Waals surface area contributed by atoms with Gasteiger partial charge in [0.25, 0.3) is 0 Å². The molecule has 0 amide bonds. The Bertz CT molecular complexity index is 304. The van der Waals surface area contributed by atoms with E-state index >= 15 is 0 Å². The van der Waals surface area contributed by atoms with Gasteiger partial charge in [-0.1, -0.05) is 0 Å². The van der Waals surface area contributed by atoms with Crippen molar-refractivity contribution in [2.45, 2.75) is 58.0 Å². The summed E-state index contributed by atoms with van der Waals surface area (Å²) in [4.78, 5) is 21.7. The van der Waals surface area contributed by atoms with Gasteiger partial charge < -0.3 is 9.84 Å². The Morgan fingerprint density at radius 2 is 1.94 bits per heavy atom. The Balaban J connectivity index is 3.84. The molecule has 0 unspecified atom stereocenters. The standard InChI is InChI=1S/C12H19NO4/c1-12(2,8-3-4-9-13)17-11(16)7-5-6-10(14)15/h3-8H2,1-2H3,(H,14,15). The lowest BCUT2D eigenvalue weighted by Crippen LogP contribution is -2.28. The van der Waals surface area contributed by atoms with E-state index in [-0.39, 0.29) is 18.8 Å². The lowest BCUT2D eigenvalue weighted by molar-refractivity contribution is -0.157. The van der Waals surface area contributed by atoms with Gasteiger partial charge in [-0.15, -0.1) is 0 Å². The summed E-state index contributed by atoms with van der Waals surface area (Å²) in [6, 6.07) is 2.03. The molecule has 0 saturated carbocycles. The molecule has 5 heteroatoms. The van der Waals surface area contributed by atoms with Gasteiger partial charge in [0.2, 0.25) is 0 Å². The molecule has 0 aliphatic rings. The van der Waals surface area contributed by atoms with Gasteiger partial charge >= 0.3 is 11.9 Å². The second kappa shape index (κ2) is 7.66. The van der Waals surface area contributed by atoms with E-state index in [1.54, 1.807) is 13.8 Å². The predicted octanol–water partition coefficient (Wildman–Crippen LogP) is 2.26. The van der Waals surface area contributed by atoms with Crippen LogP contribution in [0.15, 0.2) is 0 Å². The number of rotatable bonds is 8. The number of unbranched alkanes of at least 4 members (excludes halogenated alkanes) is 1. The summed E-state index contributed by atoms with van der Waals surface area (Å²) in [5.74, 6) is -1.29. The molecule has 0 aromatic carbocycles. The maximum atomic E-state index is 11.4. The number of hydrogen-bond acceptors (Lipinski definition) is 4. The van der Waals surface area contributed by atoms with E-state index in [1.165, 1.54) is 0 Å². The summed E-state index contributed by atoms with van der Waals surface area (Å²) >= 11 is 0. The molecule has 0 spiro atoms. The normalized spacial score (nSPS) is 10.6. The van der Waals surface area contributed by atoms with Crippen LogP contribution in [0.3, 0.4) is 0 Å². The highest BCUT2D eigenvalue weighted by molar-refractivity contribution is 5.71. The fourth-order valence-corrected chi connectivity index (χ4v) is 1.39. The first-order chi connectivity index (χ1) is 7.87. The summed E-state index contributed by atoms with van der Waals surface area (Å²) in [6.07, 6.45) is 2.15. The number of carboxylic acids is 1. The van der Waals surface area contributed by atoms with Gasteiger partial charge in [-0.2, -0.15) is 5.26 Å². The highest BCUT2D eigenvalue weighted by Crippen LogP contribution is 2.19. The molecule has 1 N–H and O–H groups in total. The van der Waals surface area contributed by atoms with Crippen LogP contribution in [0, 0.1) is 11.3 Å². The van der Waals surface area contributed by atoms with Crippen LogP contribution in [0.1, 0.15) is 52.4 Å². The van der Waals surface area contributed by atoms with Crippen LogP contribution in [-0.4, -0.2) is 22.6 Å². The van der Waals surface area contributed by atoms with Crippen molar-refractivity contribution in [3.05, 3.63) is 0 Å². The smallest absolute Gasteiger partial charge is 0.306 e. The van der Waals surface area contributed by atoms with E-state index in [9.17, 15) is 9.59 Å². The number of carboxylic acid groups (broad SMARTS) is 1. The maximum absolute atomic E-state index is 11.4. The topological polar surface area (TPSA) is 87.4 Å². The fourth-order valence-electron chi connectivity index (χ4n) is 1.39. The van der Waals surface area contributed by atoms with E-state index in [0.717, 1.165) is 0 Å². The van der Waals surface area contributed by atoms with E-state index in [0.29, 0.717) is 25.7 Å². The molecular weight excluding hydrogens is 222 g/mol. The van der Waals surface area contributed by atoms with Gasteiger partial charge in [-0.3, -0.25) is 9.59 Å². The quantitative estimate of drug-likeness (QED) is 0.520. The zero-order valence-electron chi connectivity index (χ0n) is 10.4. The minimum absolute atomic E-state index is 0.0238. The minimum Gasteiger partial charge on any atom is -0.481 e. The van der Waals surface area contributed by atoms with Crippen molar-refractivity contribution in [1.29, 1.82) is 5.26 Å². The third-order valence-electron chi connectivity index (χ3n) is 2.23. The van der Waals surface area contributed by atoms with E-state index in [1.807, 2.05) is 6.07 Å². The van der Waals surface area contributed by atoms with Gasteiger partial charge in [-0.05, 0) is 33.1 Å². The first-order valence-electron chi connectivity index (χ1n) is 5.68. The summed E-state index contributed by atoms with van der Waals surface area (Å²) < 4.78 is 5.22. The zero-order valence-corrected chi connectivity index (χ0v) is 10.4. The Labute approximate surface area is 101 Å². The van der Waals surface area contributed by atoms with Crippen molar-refractivity contribution in [3.63, 3.8) is 0 Å². The molecule has 0 aromatic rings. The molecule has 0 saturated heterocycles. The molecule has 5 nitrogen and oxygen atoms in total. The fraction of sp³-hybridized carbons (Fsp3) is 0.750. The van der Waals surface area contributed by atoms with Gasteiger partial charge in [-0.25, -0.2) is 0 Å². The molecular formula is C12H19NO4. The molecule has 0 atom stereocenters. The Kier molecular flexibility index (Phi) is 6.95. The lowest BCUT2D eigenvalue weighted by atomic mass is 10.0. The van der Waals surface area contributed by atoms with E-state index in [2.05, 4.69) is 0 Å². The van der Waals surface area contributed by atoms with Crippen LogP contribution in [0.25, 0.3) is 0 Å². The van der Waals surface area contributed by atoms with Crippen LogP contribution in [0.4, 0.5) is 0 Å². The molecule has 0 rings (SSSR count). The number of nitriles is 1. The largest absolute Gasteiger partial charge is 0.481 e. The number of hydrogen-bond donors (Lipinski definition) is 1. The first-order valence-corrected chi connectivity index (χ1v) is 5.68. The molecule has 0 heterocycles. The van der Waals surface area contributed by atoms with Crippen LogP contribution in [-0.2, 0) is 14.3 Å². The van der Waals surface area contributed by atoms with Crippen molar-refractivity contribution >= 4 is 11.9 Å². The molecule has 0 radical (unpaired) electrons. The monoisotopic (exact) mass is 241 g/mol. The highest BCUT2D eigenvalue weighted by Gasteiger charge is 2.22. The second-order valence-corrected chi connectivity index (χ2v) is 4.49. The Hall–Kier alpha value is -1.57. The second-order valence-electron chi connectivity index (χ2n) is 4.49. The van der Waals surface area contributed by atoms with E-state index < -0.39 is 11.6 Å². The molecule has 96 valence electrons. The van der Waals surface area contributed by atoms with Crippen LogP contribution >= 0.6 is 0 Å². The van der Waals surface area contributed by atoms with Crippen molar-refractivity contribution in [1.82, 2.24) is 0 Å². The summed E-state index contributed by atoms with van der Waals surface area (Å²) in [5, 5.41) is 16.8. The summed E-state index contributed by atoms with van der Waals surface area (Å²) in [7, 11) is 0. The van der Waals surface area contributed by atoms with Gasteiger partial charge in [0, 0.05) is 19.3 Å². The van der Waals surface area contributed by atoms with Crippen molar-refractivity contribution in [3.8, 4) is 6.07 Å². The first kappa shape index (κ1) is 15.4. The van der Waals surface area contributed by atoms with Crippen molar-refractivity contribution < 1.29 is 19.4 Å². The van der Waals surface area contributed by atoms with Crippen LogP contribution in [0.5, 0.6) is 0 Å². The third-order valence-corrected chi connectivity index (χ3v) is 2.23. The van der Waals surface area contributed by atoms with Crippen molar-refractivity contribution in [2.24, 2.45) is 0 Å². The molecule has 0 aliphatic carbocycles. The third kappa shape index (κ3) is 9.36. The maximum Gasteiger partial charge on any atom is 0.306 e. The lowest BCUT2D eigenvalue weighted by Gasteiger charge is -2.24. The van der Waals surface area contributed by atoms with Gasteiger partial charge in [0.05, 0.1) is 6.07 Å². The van der Waals surface area contributed by atoms with E-state index in [4.69, 9.17) is 15.1 Å². The summed E-state index contributed by atoms with van der Waals surface area (Å²) in [6.45, 7) is 3.58. The predicted molar refractivity (Wildman–Crippen MR) is 61.1 cm³/mol. The SMILES string of the molecule is CC(C)(CCCC#N)OC(=O)CCCC(=O)O. The number of esters is 1. The number of carbonyl (C=O) groups excluding carboxylic acids is 1. The van der Waals surface area contributed by atoms with Crippen molar-refractivity contribution in [2.75, 3.05) is 0 Å². The minimum atomic E-state index is -0.911. The highest BCUT2D eigenvalue weighted by atomic mass is 16.6. The molecule has 0 aromatic heterocycles. The number of nitrogens with zero attached hydrogens (tertiary/aromatic N) is 1. The van der Waals surface area contributed by atoms with Crippen LogP contribution < -0.4 is 0 Å². The molecule has 0 fully saturated rings. The van der Waals surface area contributed by atoms with Gasteiger partial charge in [0.15, 0.2) is 0 Å². The average Bonchev–Trinajstić information content (AvgIpc) is 2.16. The molecule has 0 bridgehead atoms. The number of aliphatic carboxylic acids is 1. The number of carbonyl (C=O) groups is 2. The average molecular weight is 241 g/mol. The molecule has 0 aliphatic heterocycles. The van der Waals surface area contributed by atoms with Crippen LogP contribution in [0.2, 0.25) is 0 Å². The molecule has 17 heavy (non-hydrogen) atoms. The summed E-state index contributed by atoms with van der Waals surface area (Å²) in [5.41, 5.74) is -0.586.